The molecule has 1 aromatic carbocycles. The van der Waals surface area contributed by atoms with Gasteiger partial charge in [-0.25, -0.2) is 4.79 Å². The highest BCUT2D eigenvalue weighted by Gasteiger charge is 2.42. The van der Waals surface area contributed by atoms with E-state index in [9.17, 15) is 9.59 Å². The van der Waals surface area contributed by atoms with Crippen molar-refractivity contribution >= 4 is 17.0 Å². The molecule has 2 heterocycles. The summed E-state index contributed by atoms with van der Waals surface area (Å²) in [6, 6.07) is 7.06. The second-order valence-electron chi connectivity index (χ2n) is 6.75. The Hall–Kier alpha value is -2.12. The molecule has 7 nitrogen and oxygen atoms in total. The van der Waals surface area contributed by atoms with Gasteiger partial charge in [0.2, 0.25) is 5.91 Å². The average molecular weight is 346 g/mol. The lowest BCUT2D eigenvalue weighted by molar-refractivity contribution is -0.186. The predicted octanol–water partition coefficient (Wildman–Crippen LogP) is 1.79. The zero-order valence-electron chi connectivity index (χ0n) is 14.0. The number of fused-ring (bicyclic) bond motifs is 1. The molecule has 1 N–H and O–H groups in total. The van der Waals surface area contributed by atoms with Gasteiger partial charge in [-0.15, -0.1) is 0 Å². The fourth-order valence-electron chi connectivity index (χ4n) is 3.66. The van der Waals surface area contributed by atoms with Gasteiger partial charge in [0.15, 0.2) is 11.4 Å². The molecule has 2 fully saturated rings. The number of rotatable bonds is 4. The third kappa shape index (κ3) is 3.34. The van der Waals surface area contributed by atoms with Gasteiger partial charge in [0.1, 0.15) is 12.6 Å². The smallest absolute Gasteiger partial charge is 0.408 e. The number of benzene rings is 1. The molecule has 134 valence electrons. The van der Waals surface area contributed by atoms with Crippen molar-refractivity contribution in [2.75, 3.05) is 13.2 Å². The van der Waals surface area contributed by atoms with Crippen LogP contribution in [0.5, 0.6) is 0 Å². The van der Waals surface area contributed by atoms with Gasteiger partial charge in [-0.05, 0) is 25.0 Å². The monoisotopic (exact) mass is 346 g/mol. The maximum atomic E-state index is 12.2. The number of nitrogens with one attached hydrogen (secondary N) is 1. The fourth-order valence-corrected chi connectivity index (χ4v) is 3.66. The minimum Gasteiger partial charge on any atom is -0.408 e. The molecule has 1 saturated heterocycles. The van der Waals surface area contributed by atoms with Crippen LogP contribution in [0.15, 0.2) is 33.5 Å². The van der Waals surface area contributed by atoms with Crippen molar-refractivity contribution in [1.82, 2.24) is 9.88 Å². The molecule has 25 heavy (non-hydrogen) atoms. The maximum absolute atomic E-state index is 12.2. The first-order chi connectivity index (χ1) is 12.2. The molecule has 0 unspecified atom stereocenters. The number of carbonyl (C=O) groups excluding carboxylic acids is 1. The standard InChI is InChI=1S/C18H22N2O5/c21-16(11-20-14-6-2-3-7-15(14)24-17(20)22)19-10-13-12-23-18(25-13)8-4-1-5-9-18/h2-3,6-7,13H,1,4-5,8-12H2,(H,19,21)/t13-/m1/s1. The number of oxazole rings is 1. The Morgan fingerprint density at radius 3 is 2.88 bits per heavy atom. The van der Waals surface area contributed by atoms with Gasteiger partial charge in [0, 0.05) is 19.4 Å². The summed E-state index contributed by atoms with van der Waals surface area (Å²) in [6.45, 7) is 0.800. The quantitative estimate of drug-likeness (QED) is 0.912. The summed E-state index contributed by atoms with van der Waals surface area (Å²) in [5, 5.41) is 2.83. The van der Waals surface area contributed by atoms with E-state index in [2.05, 4.69) is 5.32 Å². The summed E-state index contributed by atoms with van der Waals surface area (Å²) >= 11 is 0. The summed E-state index contributed by atoms with van der Waals surface area (Å²) < 4.78 is 18.4. The average Bonchev–Trinajstić information content (AvgIpc) is 3.15. The first-order valence-corrected chi connectivity index (χ1v) is 8.82. The van der Waals surface area contributed by atoms with Crippen molar-refractivity contribution in [1.29, 1.82) is 0 Å². The van der Waals surface area contributed by atoms with Crippen LogP contribution >= 0.6 is 0 Å². The molecule has 1 aliphatic carbocycles. The van der Waals surface area contributed by atoms with E-state index in [1.165, 1.54) is 11.0 Å². The Kier molecular flexibility index (Phi) is 4.35. The predicted molar refractivity (Wildman–Crippen MR) is 90.1 cm³/mol. The van der Waals surface area contributed by atoms with E-state index < -0.39 is 11.5 Å². The van der Waals surface area contributed by atoms with Crippen LogP contribution < -0.4 is 11.1 Å². The van der Waals surface area contributed by atoms with Crippen LogP contribution in [0, 0.1) is 0 Å². The third-order valence-electron chi connectivity index (χ3n) is 4.93. The summed E-state index contributed by atoms with van der Waals surface area (Å²) in [6.07, 6.45) is 5.18. The number of para-hydroxylation sites is 2. The molecule has 1 atom stereocenters. The lowest BCUT2D eigenvalue weighted by atomic mass is 9.94. The second-order valence-corrected chi connectivity index (χ2v) is 6.75. The Morgan fingerprint density at radius 1 is 1.24 bits per heavy atom. The minimum absolute atomic E-state index is 0.0748. The fraction of sp³-hybridized carbons (Fsp3) is 0.556. The molecule has 1 amide bonds. The maximum Gasteiger partial charge on any atom is 0.420 e. The highest BCUT2D eigenvalue weighted by molar-refractivity contribution is 5.79. The Labute approximate surface area is 144 Å². The van der Waals surface area contributed by atoms with Crippen LogP contribution in [-0.4, -0.2) is 35.5 Å². The number of amides is 1. The lowest BCUT2D eigenvalue weighted by Crippen LogP contribution is -2.38. The van der Waals surface area contributed by atoms with Crippen LogP contribution in [-0.2, 0) is 20.8 Å². The van der Waals surface area contributed by atoms with E-state index in [4.69, 9.17) is 13.9 Å². The largest absolute Gasteiger partial charge is 0.420 e. The van der Waals surface area contributed by atoms with Crippen molar-refractivity contribution in [3.63, 3.8) is 0 Å². The van der Waals surface area contributed by atoms with Crippen molar-refractivity contribution in [3.8, 4) is 0 Å². The molecular weight excluding hydrogens is 324 g/mol. The first kappa shape index (κ1) is 16.4. The van der Waals surface area contributed by atoms with Crippen molar-refractivity contribution in [2.24, 2.45) is 0 Å². The zero-order valence-corrected chi connectivity index (χ0v) is 14.0. The molecule has 2 aromatic rings. The van der Waals surface area contributed by atoms with Crippen LogP contribution in [0.2, 0.25) is 0 Å². The van der Waals surface area contributed by atoms with Gasteiger partial charge in [-0.1, -0.05) is 18.6 Å². The summed E-state index contributed by atoms with van der Waals surface area (Å²) in [7, 11) is 0. The van der Waals surface area contributed by atoms with E-state index in [1.54, 1.807) is 24.3 Å². The molecule has 0 radical (unpaired) electrons. The lowest BCUT2D eigenvalue weighted by Gasteiger charge is -2.31. The number of ether oxygens (including phenoxy) is 2. The molecule has 0 bridgehead atoms. The van der Waals surface area contributed by atoms with E-state index in [0.717, 1.165) is 25.7 Å². The normalized spacial score (nSPS) is 22.5. The van der Waals surface area contributed by atoms with E-state index >= 15 is 0 Å². The van der Waals surface area contributed by atoms with Crippen molar-refractivity contribution in [2.45, 2.75) is 50.5 Å². The Morgan fingerprint density at radius 2 is 2.04 bits per heavy atom. The molecule has 1 aromatic heterocycles. The first-order valence-electron chi connectivity index (χ1n) is 8.82. The Balaban J connectivity index is 1.34. The third-order valence-corrected chi connectivity index (χ3v) is 4.93. The number of hydrogen-bond donors (Lipinski definition) is 1. The molecule has 1 aliphatic heterocycles. The summed E-state index contributed by atoms with van der Waals surface area (Å²) in [4.78, 5) is 24.1. The van der Waals surface area contributed by atoms with Gasteiger partial charge in [0.05, 0.1) is 12.1 Å². The minimum atomic E-state index is -0.530. The van der Waals surface area contributed by atoms with Crippen LogP contribution in [0.3, 0.4) is 0 Å². The molecule has 2 aliphatic rings. The van der Waals surface area contributed by atoms with Gasteiger partial charge < -0.3 is 19.2 Å². The van der Waals surface area contributed by atoms with Crippen molar-refractivity contribution < 1.29 is 18.7 Å². The highest BCUT2D eigenvalue weighted by atomic mass is 16.7. The molecule has 1 saturated carbocycles. The van der Waals surface area contributed by atoms with E-state index in [1.807, 2.05) is 0 Å². The molecular formula is C18H22N2O5. The van der Waals surface area contributed by atoms with E-state index in [-0.39, 0.29) is 18.6 Å². The molecule has 4 rings (SSSR count). The van der Waals surface area contributed by atoms with Gasteiger partial charge in [0.25, 0.3) is 0 Å². The Bertz CT molecular complexity index is 818. The van der Waals surface area contributed by atoms with Crippen LogP contribution in [0.4, 0.5) is 0 Å². The summed E-state index contributed by atoms with van der Waals surface area (Å²) in [5.41, 5.74) is 1.09. The zero-order chi connectivity index (χ0) is 17.3. The van der Waals surface area contributed by atoms with Gasteiger partial charge >= 0.3 is 5.76 Å². The number of hydrogen-bond acceptors (Lipinski definition) is 5. The summed E-state index contributed by atoms with van der Waals surface area (Å²) in [5.74, 6) is -1.22. The topological polar surface area (TPSA) is 82.7 Å². The number of carbonyl (C=O) groups is 1. The second kappa shape index (κ2) is 6.65. The number of aromatic nitrogens is 1. The van der Waals surface area contributed by atoms with Crippen molar-refractivity contribution in [3.05, 3.63) is 34.8 Å². The number of nitrogens with zero attached hydrogens (tertiary/aromatic N) is 1. The molecule has 1 spiro atoms. The van der Waals surface area contributed by atoms with Gasteiger partial charge in [-0.3, -0.25) is 9.36 Å². The highest BCUT2D eigenvalue weighted by Crippen LogP contribution is 2.37. The van der Waals surface area contributed by atoms with Crippen LogP contribution in [0.1, 0.15) is 32.1 Å². The molecule has 7 heteroatoms. The van der Waals surface area contributed by atoms with Gasteiger partial charge in [-0.2, -0.15) is 0 Å². The van der Waals surface area contributed by atoms with E-state index in [0.29, 0.717) is 24.3 Å². The van der Waals surface area contributed by atoms with Crippen LogP contribution in [0.25, 0.3) is 11.1 Å². The SMILES string of the molecule is O=C(Cn1c(=O)oc2ccccc21)NC[C@@H]1COC2(CCCCC2)O1.